The lowest BCUT2D eigenvalue weighted by molar-refractivity contribution is -0.153. The number of hydrogen-bond donors (Lipinski definition) is 0. The maximum atomic E-state index is 12.7. The van der Waals surface area contributed by atoms with Crippen molar-refractivity contribution < 1.29 is 14.3 Å². The van der Waals surface area contributed by atoms with Gasteiger partial charge in [-0.25, -0.2) is 0 Å². The number of Topliss-reactive ketones (excluding diaryl/α,β-unsaturated/α-hetero) is 1. The lowest BCUT2D eigenvalue weighted by Gasteiger charge is -2.31. The van der Waals surface area contributed by atoms with Crippen molar-refractivity contribution in [1.82, 2.24) is 0 Å². The standard InChI is InChI=1S/C19H18O3/c1-19(18(21)22-13-14-7-3-2-4-8-14)12-11-15-9-5-6-10-16(15)17(19)20/h2-10H,11-13H2,1H3. The number of hydrogen-bond acceptors (Lipinski definition) is 3. The van der Waals surface area contributed by atoms with Gasteiger partial charge in [0.25, 0.3) is 0 Å². The van der Waals surface area contributed by atoms with Crippen LogP contribution in [-0.4, -0.2) is 11.8 Å². The molecule has 1 aliphatic rings. The van der Waals surface area contributed by atoms with E-state index in [1.54, 1.807) is 13.0 Å². The van der Waals surface area contributed by atoms with Gasteiger partial charge in [0.05, 0.1) is 0 Å². The third-order valence-corrected chi connectivity index (χ3v) is 4.32. The molecule has 3 nitrogen and oxygen atoms in total. The molecule has 0 radical (unpaired) electrons. The van der Waals surface area contributed by atoms with Crippen LogP contribution < -0.4 is 0 Å². The van der Waals surface area contributed by atoms with Crippen molar-refractivity contribution in [3.8, 4) is 0 Å². The molecule has 0 saturated heterocycles. The molecule has 0 aliphatic heterocycles. The number of carbonyl (C=O) groups is 2. The van der Waals surface area contributed by atoms with Crippen molar-refractivity contribution in [2.75, 3.05) is 0 Å². The van der Waals surface area contributed by atoms with E-state index in [0.29, 0.717) is 12.0 Å². The van der Waals surface area contributed by atoms with Crippen LogP contribution in [-0.2, 0) is 22.6 Å². The molecule has 0 N–H and O–H groups in total. The van der Waals surface area contributed by atoms with E-state index < -0.39 is 11.4 Å². The number of ketones is 1. The van der Waals surface area contributed by atoms with Gasteiger partial charge in [-0.05, 0) is 30.9 Å². The lowest BCUT2D eigenvalue weighted by atomic mass is 9.72. The number of carbonyl (C=O) groups excluding carboxylic acids is 2. The Kier molecular flexibility index (Phi) is 3.80. The van der Waals surface area contributed by atoms with Gasteiger partial charge < -0.3 is 4.74 Å². The van der Waals surface area contributed by atoms with E-state index in [4.69, 9.17) is 4.74 Å². The van der Waals surface area contributed by atoms with Crippen LogP contribution in [0.5, 0.6) is 0 Å². The number of ether oxygens (including phenoxy) is 1. The molecule has 0 aromatic heterocycles. The summed E-state index contributed by atoms with van der Waals surface area (Å²) in [6, 6.07) is 17.0. The number of aryl methyl sites for hydroxylation is 1. The molecule has 1 aliphatic carbocycles. The predicted octanol–water partition coefficient (Wildman–Crippen LogP) is 3.57. The van der Waals surface area contributed by atoms with E-state index in [0.717, 1.165) is 17.5 Å². The molecular formula is C19H18O3. The van der Waals surface area contributed by atoms with Crippen molar-refractivity contribution in [2.24, 2.45) is 5.41 Å². The Morgan fingerprint density at radius 1 is 1.09 bits per heavy atom. The van der Waals surface area contributed by atoms with Crippen LogP contribution >= 0.6 is 0 Å². The molecule has 0 amide bonds. The second kappa shape index (κ2) is 5.76. The molecule has 22 heavy (non-hydrogen) atoms. The fourth-order valence-corrected chi connectivity index (χ4v) is 2.83. The van der Waals surface area contributed by atoms with E-state index in [9.17, 15) is 9.59 Å². The van der Waals surface area contributed by atoms with Crippen molar-refractivity contribution in [3.63, 3.8) is 0 Å². The van der Waals surface area contributed by atoms with Crippen LogP contribution in [0.3, 0.4) is 0 Å². The molecule has 3 rings (SSSR count). The zero-order valence-corrected chi connectivity index (χ0v) is 12.5. The summed E-state index contributed by atoms with van der Waals surface area (Å²) < 4.78 is 5.40. The average Bonchev–Trinajstić information content (AvgIpc) is 2.57. The summed E-state index contributed by atoms with van der Waals surface area (Å²) in [6.45, 7) is 1.89. The highest BCUT2D eigenvalue weighted by Crippen LogP contribution is 2.36. The Bertz CT molecular complexity index is 706. The normalized spacial score (nSPS) is 20.3. The molecule has 1 unspecified atom stereocenters. The highest BCUT2D eigenvalue weighted by Gasteiger charge is 2.45. The second-order valence-electron chi connectivity index (χ2n) is 5.88. The average molecular weight is 294 g/mol. The van der Waals surface area contributed by atoms with Crippen LogP contribution in [0, 0.1) is 5.41 Å². The van der Waals surface area contributed by atoms with Crippen molar-refractivity contribution in [3.05, 3.63) is 71.3 Å². The summed E-state index contributed by atoms with van der Waals surface area (Å²) in [5.41, 5.74) is 1.50. The third kappa shape index (κ3) is 2.54. The summed E-state index contributed by atoms with van der Waals surface area (Å²) in [4.78, 5) is 25.2. The molecule has 112 valence electrons. The molecular weight excluding hydrogens is 276 g/mol. The SMILES string of the molecule is CC1(C(=O)OCc2ccccc2)CCc2ccccc2C1=O. The van der Waals surface area contributed by atoms with Crippen molar-refractivity contribution in [1.29, 1.82) is 0 Å². The number of benzene rings is 2. The lowest BCUT2D eigenvalue weighted by Crippen LogP contribution is -2.41. The van der Waals surface area contributed by atoms with Crippen LogP contribution in [0.15, 0.2) is 54.6 Å². The number of fused-ring (bicyclic) bond motifs is 1. The Morgan fingerprint density at radius 3 is 2.55 bits per heavy atom. The first kappa shape index (κ1) is 14.5. The van der Waals surface area contributed by atoms with E-state index in [1.807, 2.05) is 48.5 Å². The van der Waals surface area contributed by atoms with Gasteiger partial charge in [-0.15, -0.1) is 0 Å². The number of rotatable bonds is 3. The summed E-state index contributed by atoms with van der Waals surface area (Å²) in [7, 11) is 0. The topological polar surface area (TPSA) is 43.4 Å². The monoisotopic (exact) mass is 294 g/mol. The van der Waals surface area contributed by atoms with Crippen LogP contribution in [0.1, 0.15) is 34.8 Å². The van der Waals surface area contributed by atoms with Crippen molar-refractivity contribution >= 4 is 11.8 Å². The van der Waals surface area contributed by atoms with E-state index in [2.05, 4.69) is 0 Å². The molecule has 0 saturated carbocycles. The molecule has 0 fully saturated rings. The molecule has 3 heteroatoms. The van der Waals surface area contributed by atoms with Gasteiger partial charge in [-0.3, -0.25) is 9.59 Å². The predicted molar refractivity (Wildman–Crippen MR) is 83.4 cm³/mol. The highest BCUT2D eigenvalue weighted by atomic mass is 16.5. The fourth-order valence-electron chi connectivity index (χ4n) is 2.83. The second-order valence-corrected chi connectivity index (χ2v) is 5.88. The molecule has 0 bridgehead atoms. The van der Waals surface area contributed by atoms with Gasteiger partial charge in [0, 0.05) is 5.56 Å². The van der Waals surface area contributed by atoms with Gasteiger partial charge >= 0.3 is 5.97 Å². The summed E-state index contributed by atoms with van der Waals surface area (Å²) >= 11 is 0. The van der Waals surface area contributed by atoms with Crippen LogP contribution in [0.4, 0.5) is 0 Å². The number of esters is 1. The Hall–Kier alpha value is -2.42. The zero-order valence-electron chi connectivity index (χ0n) is 12.5. The quantitative estimate of drug-likeness (QED) is 0.642. The molecule has 0 heterocycles. The maximum absolute atomic E-state index is 12.7. The summed E-state index contributed by atoms with van der Waals surface area (Å²) in [5.74, 6) is -0.566. The van der Waals surface area contributed by atoms with Gasteiger partial charge in [0.2, 0.25) is 0 Å². The van der Waals surface area contributed by atoms with Crippen LogP contribution in [0.25, 0.3) is 0 Å². The minimum atomic E-state index is -1.08. The van der Waals surface area contributed by atoms with Gasteiger partial charge in [-0.2, -0.15) is 0 Å². The Labute approximate surface area is 129 Å². The first-order chi connectivity index (χ1) is 10.6. The first-order valence-electron chi connectivity index (χ1n) is 7.45. The molecule has 0 spiro atoms. The first-order valence-corrected chi connectivity index (χ1v) is 7.45. The van der Waals surface area contributed by atoms with Gasteiger partial charge in [0.15, 0.2) is 5.78 Å². The maximum Gasteiger partial charge on any atom is 0.320 e. The molecule has 2 aromatic rings. The Balaban J connectivity index is 1.76. The molecule has 2 aromatic carbocycles. The van der Waals surface area contributed by atoms with E-state index in [-0.39, 0.29) is 12.4 Å². The van der Waals surface area contributed by atoms with Crippen LogP contribution in [0.2, 0.25) is 0 Å². The minimum Gasteiger partial charge on any atom is -0.460 e. The zero-order chi connectivity index (χ0) is 15.6. The van der Waals surface area contributed by atoms with E-state index >= 15 is 0 Å². The smallest absolute Gasteiger partial charge is 0.320 e. The Morgan fingerprint density at radius 2 is 1.77 bits per heavy atom. The van der Waals surface area contributed by atoms with Gasteiger partial charge in [0.1, 0.15) is 12.0 Å². The minimum absolute atomic E-state index is 0.132. The summed E-state index contributed by atoms with van der Waals surface area (Å²) in [6.07, 6.45) is 1.22. The third-order valence-electron chi connectivity index (χ3n) is 4.32. The molecule has 1 atom stereocenters. The van der Waals surface area contributed by atoms with E-state index in [1.165, 1.54) is 0 Å². The highest BCUT2D eigenvalue weighted by molar-refractivity contribution is 6.13. The fraction of sp³-hybridized carbons (Fsp3) is 0.263. The summed E-state index contributed by atoms with van der Waals surface area (Å²) in [5, 5.41) is 0. The van der Waals surface area contributed by atoms with Crippen molar-refractivity contribution in [2.45, 2.75) is 26.4 Å². The van der Waals surface area contributed by atoms with Gasteiger partial charge in [-0.1, -0.05) is 54.6 Å². The largest absolute Gasteiger partial charge is 0.460 e.